The average molecular weight is 281 g/mol. The van der Waals surface area contributed by atoms with Crippen molar-refractivity contribution in [3.8, 4) is 0 Å². The molecule has 1 aromatic carbocycles. The molecule has 2 N–H and O–H groups in total. The molecule has 0 aliphatic heterocycles. The number of carboxylic acid groups (broad SMARTS) is 1. The summed E-state index contributed by atoms with van der Waals surface area (Å²) in [6.07, 6.45) is 0. The summed E-state index contributed by atoms with van der Waals surface area (Å²) in [6, 6.07) is 5.76. The van der Waals surface area contributed by atoms with Crippen molar-refractivity contribution in [2.75, 3.05) is 16.8 Å². The Bertz CT molecular complexity index is 474. The Morgan fingerprint density at radius 1 is 1.32 bits per heavy atom. The first-order valence-electron chi connectivity index (χ1n) is 6.08. The zero-order chi connectivity index (χ0) is 14.4. The Morgan fingerprint density at radius 3 is 2.58 bits per heavy atom. The van der Waals surface area contributed by atoms with E-state index in [1.54, 1.807) is 6.92 Å². The van der Waals surface area contributed by atoms with Gasteiger partial charge in [-0.25, -0.2) is 0 Å². The molecule has 1 atom stereocenters. The second-order valence-electron chi connectivity index (χ2n) is 4.60. The van der Waals surface area contributed by atoms with E-state index in [-0.39, 0.29) is 11.7 Å². The van der Waals surface area contributed by atoms with Gasteiger partial charge in [-0.15, -0.1) is 0 Å². The summed E-state index contributed by atoms with van der Waals surface area (Å²) >= 11 is 1.33. The standard InChI is InChI=1S/C14H19NO3S/c1-9-4-5-12(6-10(9)2)15-13(16)8-19-7-11(3)14(17)18/h4-6,11H,7-8H2,1-3H3,(H,15,16)(H,17,18). The Labute approximate surface area is 117 Å². The minimum absolute atomic E-state index is 0.106. The Balaban J connectivity index is 2.39. The van der Waals surface area contributed by atoms with E-state index in [1.807, 2.05) is 32.0 Å². The highest BCUT2D eigenvalue weighted by Crippen LogP contribution is 2.15. The van der Waals surface area contributed by atoms with Gasteiger partial charge >= 0.3 is 5.97 Å². The molecule has 0 spiro atoms. The molecular formula is C14H19NO3S. The molecule has 0 heterocycles. The fraction of sp³-hybridized carbons (Fsp3) is 0.429. The second-order valence-corrected chi connectivity index (χ2v) is 5.63. The summed E-state index contributed by atoms with van der Waals surface area (Å²) < 4.78 is 0. The Kier molecular flexibility index (Phi) is 5.89. The minimum Gasteiger partial charge on any atom is -0.481 e. The van der Waals surface area contributed by atoms with E-state index >= 15 is 0 Å². The maximum atomic E-state index is 11.7. The fourth-order valence-electron chi connectivity index (χ4n) is 1.42. The number of amides is 1. The topological polar surface area (TPSA) is 66.4 Å². The van der Waals surface area contributed by atoms with Gasteiger partial charge in [0.2, 0.25) is 5.91 Å². The third-order valence-electron chi connectivity index (χ3n) is 2.81. The van der Waals surface area contributed by atoms with E-state index in [1.165, 1.54) is 17.3 Å². The van der Waals surface area contributed by atoms with Crippen LogP contribution in [0.3, 0.4) is 0 Å². The van der Waals surface area contributed by atoms with E-state index in [0.717, 1.165) is 11.3 Å². The van der Waals surface area contributed by atoms with Crippen LogP contribution in [0, 0.1) is 19.8 Å². The van der Waals surface area contributed by atoms with Crippen molar-refractivity contribution < 1.29 is 14.7 Å². The summed E-state index contributed by atoms with van der Waals surface area (Å²) in [5.41, 5.74) is 3.09. The first kappa shape index (κ1) is 15.6. The molecule has 104 valence electrons. The van der Waals surface area contributed by atoms with Gasteiger partial charge in [-0.3, -0.25) is 9.59 Å². The number of hydrogen-bond acceptors (Lipinski definition) is 3. The van der Waals surface area contributed by atoms with Crippen LogP contribution in [-0.4, -0.2) is 28.5 Å². The number of aliphatic carboxylic acids is 1. The number of carbonyl (C=O) groups excluding carboxylic acids is 1. The summed E-state index contributed by atoms with van der Waals surface area (Å²) in [5.74, 6) is -0.660. The number of anilines is 1. The van der Waals surface area contributed by atoms with Gasteiger partial charge in [0.15, 0.2) is 0 Å². The molecule has 0 aromatic heterocycles. The van der Waals surface area contributed by atoms with Crippen molar-refractivity contribution in [1.82, 2.24) is 0 Å². The van der Waals surface area contributed by atoms with Crippen molar-refractivity contribution in [2.45, 2.75) is 20.8 Å². The predicted molar refractivity (Wildman–Crippen MR) is 78.7 cm³/mol. The number of thioether (sulfide) groups is 1. The lowest BCUT2D eigenvalue weighted by molar-refractivity contribution is -0.140. The lowest BCUT2D eigenvalue weighted by Gasteiger charge is -2.08. The van der Waals surface area contributed by atoms with Crippen molar-refractivity contribution >= 4 is 29.3 Å². The van der Waals surface area contributed by atoms with Crippen LogP contribution in [0.4, 0.5) is 5.69 Å². The van der Waals surface area contributed by atoms with Crippen LogP contribution in [0.1, 0.15) is 18.1 Å². The van der Waals surface area contributed by atoms with Crippen molar-refractivity contribution in [3.05, 3.63) is 29.3 Å². The number of benzene rings is 1. The van der Waals surface area contributed by atoms with Gasteiger partial charge in [0.05, 0.1) is 11.7 Å². The molecule has 0 fully saturated rings. The molecule has 0 bridgehead atoms. The first-order chi connectivity index (χ1) is 8.90. The van der Waals surface area contributed by atoms with Crippen LogP contribution >= 0.6 is 11.8 Å². The van der Waals surface area contributed by atoms with Crippen LogP contribution in [0.15, 0.2) is 18.2 Å². The smallest absolute Gasteiger partial charge is 0.307 e. The molecule has 1 aromatic rings. The van der Waals surface area contributed by atoms with Gasteiger partial charge in [0.25, 0.3) is 0 Å². The zero-order valence-electron chi connectivity index (χ0n) is 11.4. The largest absolute Gasteiger partial charge is 0.481 e. The van der Waals surface area contributed by atoms with Gasteiger partial charge < -0.3 is 10.4 Å². The average Bonchev–Trinajstić information content (AvgIpc) is 2.33. The van der Waals surface area contributed by atoms with E-state index in [9.17, 15) is 9.59 Å². The predicted octanol–water partition coefficient (Wildman–Crippen LogP) is 2.70. The Hall–Kier alpha value is -1.49. The molecule has 5 heteroatoms. The highest BCUT2D eigenvalue weighted by Gasteiger charge is 2.11. The molecular weight excluding hydrogens is 262 g/mol. The fourth-order valence-corrected chi connectivity index (χ4v) is 2.29. The van der Waals surface area contributed by atoms with Crippen LogP contribution in [-0.2, 0) is 9.59 Å². The summed E-state index contributed by atoms with van der Waals surface area (Å²) in [5, 5.41) is 11.5. The minimum atomic E-state index is -0.831. The van der Waals surface area contributed by atoms with E-state index in [2.05, 4.69) is 5.32 Å². The van der Waals surface area contributed by atoms with Crippen LogP contribution in [0.5, 0.6) is 0 Å². The van der Waals surface area contributed by atoms with Crippen LogP contribution in [0.25, 0.3) is 0 Å². The van der Waals surface area contributed by atoms with Gasteiger partial charge in [-0.05, 0) is 37.1 Å². The number of hydrogen-bond donors (Lipinski definition) is 2. The monoisotopic (exact) mass is 281 g/mol. The lowest BCUT2D eigenvalue weighted by atomic mass is 10.1. The molecule has 19 heavy (non-hydrogen) atoms. The van der Waals surface area contributed by atoms with Crippen LogP contribution in [0.2, 0.25) is 0 Å². The van der Waals surface area contributed by atoms with Gasteiger partial charge in [0.1, 0.15) is 0 Å². The highest BCUT2D eigenvalue weighted by atomic mass is 32.2. The number of carbonyl (C=O) groups is 2. The number of carboxylic acids is 1. The van der Waals surface area contributed by atoms with E-state index in [4.69, 9.17) is 5.11 Å². The van der Waals surface area contributed by atoms with E-state index < -0.39 is 11.9 Å². The van der Waals surface area contributed by atoms with Gasteiger partial charge in [-0.1, -0.05) is 13.0 Å². The normalized spacial score (nSPS) is 11.9. The maximum absolute atomic E-state index is 11.7. The molecule has 1 unspecified atom stereocenters. The first-order valence-corrected chi connectivity index (χ1v) is 7.23. The zero-order valence-corrected chi connectivity index (χ0v) is 12.2. The SMILES string of the molecule is Cc1ccc(NC(=O)CSCC(C)C(=O)O)cc1C. The maximum Gasteiger partial charge on any atom is 0.307 e. The van der Waals surface area contributed by atoms with Gasteiger partial charge in [-0.2, -0.15) is 11.8 Å². The highest BCUT2D eigenvalue weighted by molar-refractivity contribution is 8.00. The van der Waals surface area contributed by atoms with Crippen LogP contribution < -0.4 is 5.32 Å². The lowest BCUT2D eigenvalue weighted by Crippen LogP contribution is -2.17. The van der Waals surface area contributed by atoms with E-state index in [0.29, 0.717) is 5.75 Å². The second kappa shape index (κ2) is 7.19. The number of aryl methyl sites for hydroxylation is 2. The van der Waals surface area contributed by atoms with Crippen molar-refractivity contribution in [2.24, 2.45) is 5.92 Å². The third kappa shape index (κ3) is 5.34. The van der Waals surface area contributed by atoms with Crippen molar-refractivity contribution in [3.63, 3.8) is 0 Å². The Morgan fingerprint density at radius 2 is 2.00 bits per heavy atom. The molecule has 0 saturated heterocycles. The molecule has 0 radical (unpaired) electrons. The summed E-state index contributed by atoms with van der Waals surface area (Å²) in [7, 11) is 0. The third-order valence-corrected chi connectivity index (χ3v) is 4.02. The number of rotatable bonds is 6. The molecule has 1 amide bonds. The quantitative estimate of drug-likeness (QED) is 0.841. The summed E-state index contributed by atoms with van der Waals surface area (Å²) in [4.78, 5) is 22.3. The molecule has 0 aliphatic rings. The number of nitrogens with one attached hydrogen (secondary N) is 1. The molecule has 4 nitrogen and oxygen atoms in total. The van der Waals surface area contributed by atoms with Gasteiger partial charge in [0, 0.05) is 11.4 Å². The molecule has 0 aliphatic carbocycles. The summed E-state index contributed by atoms with van der Waals surface area (Å²) in [6.45, 7) is 5.65. The molecule has 1 rings (SSSR count). The molecule has 0 saturated carbocycles. The van der Waals surface area contributed by atoms with Crippen molar-refractivity contribution in [1.29, 1.82) is 0 Å².